The highest BCUT2D eigenvalue weighted by Gasteiger charge is 2.36. The van der Waals surface area contributed by atoms with Gasteiger partial charge in [0.1, 0.15) is 6.04 Å². The van der Waals surface area contributed by atoms with Gasteiger partial charge in [-0.2, -0.15) is 0 Å². The number of rotatable bonds is 6. The Balaban J connectivity index is 1.42. The lowest BCUT2D eigenvalue weighted by Crippen LogP contribution is -2.54. The molecule has 3 amide bonds. The van der Waals surface area contributed by atoms with E-state index in [1.807, 2.05) is 54.3 Å². The fourth-order valence-corrected chi connectivity index (χ4v) is 4.13. The van der Waals surface area contributed by atoms with Crippen LogP contribution < -0.4 is 10.6 Å². The number of nitrogens with one attached hydrogen (secondary N) is 2. The molecule has 4 rings (SSSR count). The van der Waals surface area contributed by atoms with Gasteiger partial charge in [-0.3, -0.25) is 14.4 Å². The van der Waals surface area contributed by atoms with Crippen LogP contribution in [-0.4, -0.2) is 47.8 Å². The van der Waals surface area contributed by atoms with Gasteiger partial charge in [0.2, 0.25) is 5.91 Å². The average molecular weight is 420 g/mol. The number of hydrogen-bond acceptors (Lipinski definition) is 3. The molecule has 0 spiro atoms. The lowest BCUT2D eigenvalue weighted by atomic mass is 9.88. The second-order valence-corrected chi connectivity index (χ2v) is 8.60. The minimum absolute atomic E-state index is 0.00651. The molecular weight excluding hydrogens is 390 g/mol. The summed E-state index contributed by atoms with van der Waals surface area (Å²) in [5.74, 6) is -0.340. The van der Waals surface area contributed by atoms with Gasteiger partial charge in [-0.25, -0.2) is 0 Å². The summed E-state index contributed by atoms with van der Waals surface area (Å²) < 4.78 is 0. The van der Waals surface area contributed by atoms with Gasteiger partial charge in [-0.05, 0) is 62.8 Å². The zero-order chi connectivity index (χ0) is 21.8. The van der Waals surface area contributed by atoms with Crippen LogP contribution in [0.3, 0.4) is 0 Å². The quantitative estimate of drug-likeness (QED) is 0.756. The van der Waals surface area contributed by atoms with Crippen LogP contribution in [0.4, 0.5) is 0 Å². The van der Waals surface area contributed by atoms with E-state index in [2.05, 4.69) is 10.6 Å². The minimum atomic E-state index is -0.593. The first-order chi connectivity index (χ1) is 15.0. The van der Waals surface area contributed by atoms with E-state index in [1.165, 1.54) is 0 Å². The Morgan fingerprint density at radius 1 is 0.903 bits per heavy atom. The maximum Gasteiger partial charge on any atom is 0.253 e. The van der Waals surface area contributed by atoms with Crippen molar-refractivity contribution >= 4 is 17.7 Å². The van der Waals surface area contributed by atoms with Crippen LogP contribution in [0.5, 0.6) is 0 Å². The van der Waals surface area contributed by atoms with Crippen LogP contribution in [0.15, 0.2) is 54.6 Å². The molecule has 6 nitrogen and oxygen atoms in total. The van der Waals surface area contributed by atoms with Crippen LogP contribution in [0.1, 0.15) is 52.0 Å². The molecule has 162 valence electrons. The SMILES string of the molecule is Cc1cccc(C(=O)N2CCC(C(NC(=O)c3ccccc3)C(=O)NC3CC3)CC2)c1. The lowest BCUT2D eigenvalue weighted by molar-refractivity contribution is -0.124. The number of carbonyl (C=O) groups excluding carboxylic acids is 3. The average Bonchev–Trinajstić information content (AvgIpc) is 3.61. The second-order valence-electron chi connectivity index (χ2n) is 8.60. The molecule has 2 aliphatic rings. The number of benzene rings is 2. The van der Waals surface area contributed by atoms with E-state index in [4.69, 9.17) is 0 Å². The molecule has 0 radical (unpaired) electrons. The predicted molar refractivity (Wildman–Crippen MR) is 119 cm³/mol. The Labute approximate surface area is 183 Å². The molecule has 2 aromatic carbocycles. The Bertz CT molecular complexity index is 947. The van der Waals surface area contributed by atoms with Gasteiger partial charge in [0.25, 0.3) is 11.8 Å². The van der Waals surface area contributed by atoms with Gasteiger partial charge >= 0.3 is 0 Å². The van der Waals surface area contributed by atoms with Crippen LogP contribution >= 0.6 is 0 Å². The highest BCUT2D eigenvalue weighted by atomic mass is 16.2. The number of nitrogens with zero attached hydrogens (tertiary/aromatic N) is 1. The van der Waals surface area contributed by atoms with Crippen molar-refractivity contribution in [2.24, 2.45) is 5.92 Å². The molecular formula is C25H29N3O3. The summed E-state index contributed by atoms with van der Waals surface area (Å²) in [7, 11) is 0. The summed E-state index contributed by atoms with van der Waals surface area (Å²) in [4.78, 5) is 40.4. The van der Waals surface area contributed by atoms with Crippen molar-refractivity contribution in [1.29, 1.82) is 0 Å². The molecule has 1 saturated heterocycles. The first-order valence-corrected chi connectivity index (χ1v) is 11.0. The van der Waals surface area contributed by atoms with Crippen molar-refractivity contribution in [3.8, 4) is 0 Å². The van der Waals surface area contributed by atoms with E-state index in [-0.39, 0.29) is 29.7 Å². The van der Waals surface area contributed by atoms with Crippen LogP contribution in [0.25, 0.3) is 0 Å². The first-order valence-electron chi connectivity index (χ1n) is 11.0. The van der Waals surface area contributed by atoms with Crippen molar-refractivity contribution in [3.63, 3.8) is 0 Å². The summed E-state index contributed by atoms with van der Waals surface area (Å²) in [6, 6.07) is 16.2. The van der Waals surface area contributed by atoms with E-state index in [9.17, 15) is 14.4 Å². The molecule has 1 unspecified atom stereocenters. The Kier molecular flexibility index (Phi) is 6.35. The monoisotopic (exact) mass is 419 g/mol. The van der Waals surface area contributed by atoms with E-state index in [1.54, 1.807) is 12.1 Å². The number of hydrogen-bond donors (Lipinski definition) is 2. The normalized spacial score (nSPS) is 17.6. The lowest BCUT2D eigenvalue weighted by Gasteiger charge is -2.36. The maximum absolute atomic E-state index is 12.9. The smallest absolute Gasteiger partial charge is 0.253 e. The third-order valence-corrected chi connectivity index (χ3v) is 6.09. The molecule has 1 heterocycles. The highest BCUT2D eigenvalue weighted by molar-refractivity contribution is 5.98. The molecule has 1 aliphatic heterocycles. The van der Waals surface area contributed by atoms with Gasteiger partial charge in [0.05, 0.1) is 0 Å². The third-order valence-electron chi connectivity index (χ3n) is 6.09. The van der Waals surface area contributed by atoms with Gasteiger partial charge in [-0.1, -0.05) is 35.9 Å². The number of piperidine rings is 1. The highest BCUT2D eigenvalue weighted by Crippen LogP contribution is 2.25. The second kappa shape index (κ2) is 9.33. The number of carbonyl (C=O) groups is 3. The zero-order valence-electron chi connectivity index (χ0n) is 17.8. The maximum atomic E-state index is 12.9. The summed E-state index contributed by atoms with van der Waals surface area (Å²) >= 11 is 0. The predicted octanol–water partition coefficient (Wildman–Crippen LogP) is 2.92. The molecule has 2 fully saturated rings. The van der Waals surface area contributed by atoms with Crippen molar-refractivity contribution in [2.75, 3.05) is 13.1 Å². The van der Waals surface area contributed by atoms with Crippen LogP contribution in [-0.2, 0) is 4.79 Å². The number of amides is 3. The summed E-state index contributed by atoms with van der Waals surface area (Å²) in [6.45, 7) is 3.12. The zero-order valence-corrected chi connectivity index (χ0v) is 17.8. The van der Waals surface area contributed by atoms with Gasteiger partial charge in [0.15, 0.2) is 0 Å². The molecule has 1 saturated carbocycles. The van der Waals surface area contributed by atoms with E-state index >= 15 is 0 Å². The largest absolute Gasteiger partial charge is 0.352 e. The fraction of sp³-hybridized carbons (Fsp3) is 0.400. The van der Waals surface area contributed by atoms with Gasteiger partial charge in [0, 0.05) is 30.3 Å². The topological polar surface area (TPSA) is 78.5 Å². The molecule has 6 heteroatoms. The molecule has 1 atom stereocenters. The van der Waals surface area contributed by atoms with Crippen molar-refractivity contribution < 1.29 is 14.4 Å². The Morgan fingerprint density at radius 2 is 1.58 bits per heavy atom. The summed E-state index contributed by atoms with van der Waals surface area (Å²) in [5.41, 5.74) is 2.29. The van der Waals surface area contributed by atoms with Gasteiger partial charge < -0.3 is 15.5 Å². The third kappa shape index (κ3) is 5.32. The van der Waals surface area contributed by atoms with E-state index in [0.717, 1.165) is 18.4 Å². The van der Waals surface area contributed by atoms with Crippen molar-refractivity contribution in [1.82, 2.24) is 15.5 Å². The molecule has 2 N–H and O–H groups in total. The van der Waals surface area contributed by atoms with Crippen LogP contribution in [0, 0.1) is 12.8 Å². The Morgan fingerprint density at radius 3 is 2.23 bits per heavy atom. The molecule has 31 heavy (non-hydrogen) atoms. The van der Waals surface area contributed by atoms with Crippen molar-refractivity contribution in [2.45, 2.75) is 44.7 Å². The number of likely N-dealkylation sites (tertiary alicyclic amines) is 1. The Hall–Kier alpha value is -3.15. The van der Waals surface area contributed by atoms with E-state index in [0.29, 0.717) is 37.1 Å². The molecule has 1 aliphatic carbocycles. The minimum Gasteiger partial charge on any atom is -0.352 e. The van der Waals surface area contributed by atoms with E-state index < -0.39 is 6.04 Å². The first kappa shape index (κ1) is 21.1. The molecule has 0 bridgehead atoms. The van der Waals surface area contributed by atoms with Crippen molar-refractivity contribution in [3.05, 3.63) is 71.3 Å². The standard InChI is InChI=1S/C25H29N3O3/c1-17-6-5-9-20(16-17)25(31)28-14-12-18(13-15-28)22(24(30)26-21-10-11-21)27-23(29)19-7-3-2-4-8-19/h2-9,16,18,21-22H,10-15H2,1H3,(H,26,30)(H,27,29). The molecule has 0 aromatic heterocycles. The fourth-order valence-electron chi connectivity index (χ4n) is 4.13. The van der Waals surface area contributed by atoms with Gasteiger partial charge in [-0.15, -0.1) is 0 Å². The number of aryl methyl sites for hydroxylation is 1. The van der Waals surface area contributed by atoms with Crippen LogP contribution in [0.2, 0.25) is 0 Å². The summed E-state index contributed by atoms with van der Waals surface area (Å²) in [5, 5.41) is 6.00. The summed E-state index contributed by atoms with van der Waals surface area (Å²) in [6.07, 6.45) is 3.34. The molecule has 2 aromatic rings.